The Kier molecular flexibility index (Phi) is 6.90. The fraction of sp³-hybridized carbons (Fsp3) is 0.375. The maximum absolute atomic E-state index is 12.2. The molecule has 1 aliphatic rings. The van der Waals surface area contributed by atoms with Gasteiger partial charge in [-0.1, -0.05) is 12.1 Å². The topological polar surface area (TPSA) is 76.6 Å². The number of thiazole rings is 1. The number of anilines is 1. The second kappa shape index (κ2) is 9.99. The molecular formula is C24H28N4O3S. The van der Waals surface area contributed by atoms with Crippen LogP contribution in [0.25, 0.3) is 0 Å². The summed E-state index contributed by atoms with van der Waals surface area (Å²) in [4.78, 5) is 23.4. The third-order valence-electron chi connectivity index (χ3n) is 5.27. The molecule has 1 amide bonds. The summed E-state index contributed by atoms with van der Waals surface area (Å²) in [7, 11) is 0. The molecule has 1 aliphatic heterocycles. The lowest BCUT2D eigenvalue weighted by atomic mass is 10.1. The highest BCUT2D eigenvalue weighted by Crippen LogP contribution is 2.26. The number of hydrogen-bond acceptors (Lipinski definition) is 7. The zero-order valence-corrected chi connectivity index (χ0v) is 19.3. The Hall–Kier alpha value is -3.13. The summed E-state index contributed by atoms with van der Waals surface area (Å²) in [6.45, 7) is 7.70. The number of amides is 1. The first-order chi connectivity index (χ1) is 15.5. The molecule has 1 N–H and O–H groups in total. The first-order valence-corrected chi connectivity index (χ1v) is 11.7. The van der Waals surface area contributed by atoms with Crippen LogP contribution in [0.2, 0.25) is 0 Å². The highest BCUT2D eigenvalue weighted by atomic mass is 32.1. The average molecular weight is 453 g/mol. The third-order valence-corrected chi connectivity index (χ3v) is 6.04. The van der Waals surface area contributed by atoms with E-state index in [9.17, 15) is 4.79 Å². The SMILES string of the molecule is CC(C)Oc1cc(N2CC[C@@H](Oc3ccc([C@H](C)NC(=O)c4cncs4)cc3)C2)ccn1. The Morgan fingerprint density at radius 3 is 2.75 bits per heavy atom. The molecule has 1 fully saturated rings. The molecular weight excluding hydrogens is 424 g/mol. The lowest BCUT2D eigenvalue weighted by Crippen LogP contribution is -2.26. The monoisotopic (exact) mass is 452 g/mol. The number of ether oxygens (including phenoxy) is 2. The maximum atomic E-state index is 12.2. The zero-order chi connectivity index (χ0) is 22.5. The summed E-state index contributed by atoms with van der Waals surface area (Å²) < 4.78 is 11.9. The number of rotatable bonds is 8. The summed E-state index contributed by atoms with van der Waals surface area (Å²) in [5, 5.41) is 3.00. The first kappa shape index (κ1) is 22.1. The highest BCUT2D eigenvalue weighted by Gasteiger charge is 2.25. The summed E-state index contributed by atoms with van der Waals surface area (Å²) in [5.41, 5.74) is 3.78. The van der Waals surface area contributed by atoms with Crippen LogP contribution in [0.4, 0.5) is 5.69 Å². The van der Waals surface area contributed by atoms with Gasteiger partial charge in [-0.15, -0.1) is 11.3 Å². The lowest BCUT2D eigenvalue weighted by Gasteiger charge is -2.20. The van der Waals surface area contributed by atoms with E-state index in [-0.39, 0.29) is 24.2 Å². The number of pyridine rings is 1. The predicted octanol–water partition coefficient (Wildman–Crippen LogP) is 4.47. The minimum atomic E-state index is -0.107. The molecule has 8 heteroatoms. The van der Waals surface area contributed by atoms with Crippen molar-refractivity contribution in [1.82, 2.24) is 15.3 Å². The molecule has 0 unspecified atom stereocenters. The summed E-state index contributed by atoms with van der Waals surface area (Å²) in [6, 6.07) is 11.8. The maximum Gasteiger partial charge on any atom is 0.263 e. The van der Waals surface area contributed by atoms with E-state index in [4.69, 9.17) is 9.47 Å². The van der Waals surface area contributed by atoms with Gasteiger partial charge < -0.3 is 19.7 Å². The molecule has 2 aromatic heterocycles. The van der Waals surface area contributed by atoms with Crippen LogP contribution in [0.1, 0.15) is 48.5 Å². The van der Waals surface area contributed by atoms with E-state index in [1.165, 1.54) is 11.3 Å². The van der Waals surface area contributed by atoms with Gasteiger partial charge >= 0.3 is 0 Å². The van der Waals surface area contributed by atoms with E-state index in [1.807, 2.05) is 57.2 Å². The highest BCUT2D eigenvalue weighted by molar-refractivity contribution is 7.11. The Balaban J connectivity index is 1.31. The van der Waals surface area contributed by atoms with E-state index >= 15 is 0 Å². The minimum absolute atomic E-state index is 0.0964. The molecule has 0 radical (unpaired) electrons. The van der Waals surface area contributed by atoms with Crippen LogP contribution in [0.5, 0.6) is 11.6 Å². The molecule has 1 aromatic carbocycles. The molecule has 4 rings (SSSR count). The largest absolute Gasteiger partial charge is 0.489 e. The van der Waals surface area contributed by atoms with Crippen LogP contribution in [0.15, 0.2) is 54.3 Å². The van der Waals surface area contributed by atoms with Gasteiger partial charge in [0, 0.05) is 30.9 Å². The number of aromatic nitrogens is 2. The van der Waals surface area contributed by atoms with Gasteiger partial charge in [0.15, 0.2) is 0 Å². The Morgan fingerprint density at radius 1 is 1.22 bits per heavy atom. The van der Waals surface area contributed by atoms with Gasteiger partial charge in [0.1, 0.15) is 16.7 Å². The second-order valence-electron chi connectivity index (χ2n) is 8.12. The van der Waals surface area contributed by atoms with Crippen molar-refractivity contribution in [3.8, 4) is 11.6 Å². The van der Waals surface area contributed by atoms with Crippen LogP contribution in [0.3, 0.4) is 0 Å². The van der Waals surface area contributed by atoms with Crippen LogP contribution in [-0.4, -0.2) is 41.2 Å². The van der Waals surface area contributed by atoms with E-state index < -0.39 is 0 Å². The van der Waals surface area contributed by atoms with E-state index in [2.05, 4.69) is 20.2 Å². The van der Waals surface area contributed by atoms with Crippen molar-refractivity contribution in [1.29, 1.82) is 0 Å². The predicted molar refractivity (Wildman–Crippen MR) is 126 cm³/mol. The molecule has 0 bridgehead atoms. The lowest BCUT2D eigenvalue weighted by molar-refractivity contribution is 0.0944. The van der Waals surface area contributed by atoms with Crippen LogP contribution < -0.4 is 19.7 Å². The molecule has 168 valence electrons. The fourth-order valence-electron chi connectivity index (χ4n) is 3.67. The van der Waals surface area contributed by atoms with E-state index in [0.717, 1.165) is 36.5 Å². The zero-order valence-electron chi connectivity index (χ0n) is 18.5. The van der Waals surface area contributed by atoms with Gasteiger partial charge in [0.2, 0.25) is 5.88 Å². The molecule has 0 spiro atoms. The number of hydrogen-bond donors (Lipinski definition) is 1. The summed E-state index contributed by atoms with van der Waals surface area (Å²) in [5.74, 6) is 1.37. The normalized spacial score (nSPS) is 16.8. The molecule has 3 aromatic rings. The van der Waals surface area contributed by atoms with E-state index in [0.29, 0.717) is 10.8 Å². The molecule has 7 nitrogen and oxygen atoms in total. The van der Waals surface area contributed by atoms with Crippen molar-refractivity contribution >= 4 is 22.9 Å². The number of carbonyl (C=O) groups is 1. The number of nitrogens with zero attached hydrogens (tertiary/aromatic N) is 3. The molecule has 0 aliphatic carbocycles. The standard InChI is InChI=1S/C24H28N4O3S/c1-16(2)30-23-12-19(8-10-26-23)28-11-9-21(14-28)31-20-6-4-18(5-7-20)17(3)27-24(29)22-13-25-15-32-22/h4-8,10,12-13,15-17,21H,9,11,14H2,1-3H3,(H,27,29)/t17-,21+/m0/s1. The fourth-order valence-corrected chi connectivity index (χ4v) is 4.19. The molecule has 2 atom stereocenters. The van der Waals surface area contributed by atoms with Crippen molar-refractivity contribution in [2.75, 3.05) is 18.0 Å². The van der Waals surface area contributed by atoms with Gasteiger partial charge in [0.05, 0.1) is 30.4 Å². The van der Waals surface area contributed by atoms with Crippen LogP contribution in [0, 0.1) is 0 Å². The van der Waals surface area contributed by atoms with Gasteiger partial charge in [-0.25, -0.2) is 4.98 Å². The third kappa shape index (κ3) is 5.56. The Morgan fingerprint density at radius 2 is 2.03 bits per heavy atom. The number of nitrogens with one attached hydrogen (secondary N) is 1. The Bertz CT molecular complexity index is 1020. The summed E-state index contributed by atoms with van der Waals surface area (Å²) >= 11 is 1.33. The molecule has 0 saturated carbocycles. The number of benzene rings is 1. The average Bonchev–Trinajstić information content (AvgIpc) is 3.46. The Labute approximate surface area is 192 Å². The van der Waals surface area contributed by atoms with Crippen molar-refractivity contribution in [2.24, 2.45) is 0 Å². The van der Waals surface area contributed by atoms with Gasteiger partial charge in [0.25, 0.3) is 5.91 Å². The minimum Gasteiger partial charge on any atom is -0.489 e. The van der Waals surface area contributed by atoms with Crippen LogP contribution in [-0.2, 0) is 0 Å². The van der Waals surface area contributed by atoms with Crippen molar-refractivity contribution in [3.63, 3.8) is 0 Å². The summed E-state index contributed by atoms with van der Waals surface area (Å²) in [6.07, 6.45) is 4.53. The first-order valence-electron chi connectivity index (χ1n) is 10.8. The van der Waals surface area contributed by atoms with Gasteiger partial charge in [-0.05, 0) is 44.5 Å². The molecule has 32 heavy (non-hydrogen) atoms. The molecule has 3 heterocycles. The van der Waals surface area contributed by atoms with Crippen molar-refractivity contribution in [2.45, 2.75) is 45.4 Å². The quantitative estimate of drug-likeness (QED) is 0.543. The van der Waals surface area contributed by atoms with Crippen molar-refractivity contribution in [3.05, 3.63) is 64.7 Å². The van der Waals surface area contributed by atoms with Crippen LogP contribution >= 0.6 is 11.3 Å². The molecule has 1 saturated heterocycles. The van der Waals surface area contributed by atoms with E-state index in [1.54, 1.807) is 17.9 Å². The number of carbonyl (C=O) groups excluding carboxylic acids is 1. The second-order valence-corrected chi connectivity index (χ2v) is 9.01. The van der Waals surface area contributed by atoms with Gasteiger partial charge in [-0.2, -0.15) is 0 Å². The van der Waals surface area contributed by atoms with Crippen molar-refractivity contribution < 1.29 is 14.3 Å². The van der Waals surface area contributed by atoms with Gasteiger partial charge in [-0.3, -0.25) is 9.78 Å². The smallest absolute Gasteiger partial charge is 0.263 e.